The molecule has 3 atom stereocenters. The Kier molecular flexibility index (Phi) is 8.39. The summed E-state index contributed by atoms with van der Waals surface area (Å²) in [5.74, 6) is 1.04. The van der Waals surface area contributed by atoms with Crippen molar-refractivity contribution in [2.75, 3.05) is 13.1 Å². The third-order valence-electron chi connectivity index (χ3n) is 7.97. The van der Waals surface area contributed by atoms with Gasteiger partial charge in [-0.3, -0.25) is 19.7 Å². The molecule has 36 heavy (non-hydrogen) atoms. The summed E-state index contributed by atoms with van der Waals surface area (Å²) >= 11 is 0. The van der Waals surface area contributed by atoms with Crippen molar-refractivity contribution in [1.82, 2.24) is 19.8 Å². The summed E-state index contributed by atoms with van der Waals surface area (Å²) in [6, 6.07) is 19.1. The number of hydrogen-bond donors (Lipinski definition) is 0. The van der Waals surface area contributed by atoms with Crippen LogP contribution in [0, 0.1) is 5.92 Å². The Labute approximate surface area is 215 Å². The number of carbonyl (C=O) groups is 1. The van der Waals surface area contributed by atoms with Crippen LogP contribution in [-0.2, 0) is 24.2 Å². The number of piperidine rings is 1. The molecule has 4 heterocycles. The Hall–Kier alpha value is -3.05. The van der Waals surface area contributed by atoms with Crippen LogP contribution in [0.25, 0.3) is 0 Å². The number of fused-ring (bicyclic) bond motifs is 2. The number of aromatic nitrogens is 2. The lowest BCUT2D eigenvalue weighted by atomic mass is 9.95. The third kappa shape index (κ3) is 6.38. The number of benzene rings is 1. The summed E-state index contributed by atoms with van der Waals surface area (Å²) in [5, 5.41) is 0. The number of nitrogens with zero attached hydrogens (tertiary/aromatic N) is 4. The lowest BCUT2D eigenvalue weighted by Crippen LogP contribution is -2.50. The van der Waals surface area contributed by atoms with Crippen LogP contribution in [0.3, 0.4) is 0 Å². The van der Waals surface area contributed by atoms with Crippen LogP contribution in [0.2, 0.25) is 0 Å². The average Bonchev–Trinajstić information content (AvgIpc) is 3.57. The van der Waals surface area contributed by atoms with Gasteiger partial charge in [-0.15, -0.1) is 0 Å². The Bertz CT molecular complexity index is 1030. The van der Waals surface area contributed by atoms with Crippen LogP contribution >= 0.6 is 0 Å². The zero-order chi connectivity index (χ0) is 24.6. The molecule has 2 aliphatic heterocycles. The molecule has 0 aliphatic carbocycles. The van der Waals surface area contributed by atoms with Gasteiger partial charge in [0.2, 0.25) is 5.91 Å². The van der Waals surface area contributed by atoms with Crippen molar-refractivity contribution >= 4 is 5.91 Å². The highest BCUT2D eigenvalue weighted by atomic mass is 16.2. The summed E-state index contributed by atoms with van der Waals surface area (Å²) in [7, 11) is 0. The number of aryl methyl sites for hydroxylation is 2. The third-order valence-corrected chi connectivity index (χ3v) is 7.97. The summed E-state index contributed by atoms with van der Waals surface area (Å²) in [4.78, 5) is 27.4. The fraction of sp³-hybridized carbons (Fsp3) is 0.452. The van der Waals surface area contributed by atoms with E-state index in [0.717, 1.165) is 58.0 Å². The molecule has 3 aromatic rings. The largest absolute Gasteiger partial charge is 0.334 e. The molecule has 5 nitrogen and oxygen atoms in total. The fourth-order valence-corrected chi connectivity index (χ4v) is 6.05. The first-order valence-electron chi connectivity index (χ1n) is 13.6. The van der Waals surface area contributed by atoms with Gasteiger partial charge in [-0.2, -0.15) is 0 Å². The van der Waals surface area contributed by atoms with Gasteiger partial charge < -0.3 is 4.90 Å². The van der Waals surface area contributed by atoms with E-state index in [2.05, 4.69) is 62.2 Å². The topological polar surface area (TPSA) is 49.3 Å². The van der Waals surface area contributed by atoms with E-state index in [-0.39, 0.29) is 12.1 Å². The molecule has 1 amide bonds. The van der Waals surface area contributed by atoms with Gasteiger partial charge in [-0.25, -0.2) is 0 Å². The Morgan fingerprint density at radius 1 is 0.889 bits per heavy atom. The minimum Gasteiger partial charge on any atom is -0.334 e. The molecular weight excluding hydrogens is 444 g/mol. The standard InChI is InChI=1S/C31H38N4O/c36-31(30-20-28-16-19-34(30)23-28)35(24-27-8-2-1-3-9-27)29(14-4-10-25-12-6-17-32-21-25)15-5-11-26-13-7-18-33-22-26/h1-3,6-9,12-13,17-18,21-22,28-30H,4-5,10-11,14-16,19-20,23-24H2. The first-order chi connectivity index (χ1) is 17.8. The van der Waals surface area contributed by atoms with Gasteiger partial charge in [0.05, 0.1) is 6.04 Å². The van der Waals surface area contributed by atoms with E-state index < -0.39 is 0 Å². The number of rotatable bonds is 12. The number of pyridine rings is 2. The van der Waals surface area contributed by atoms with Gasteiger partial charge in [0, 0.05) is 43.9 Å². The van der Waals surface area contributed by atoms with Crippen LogP contribution < -0.4 is 0 Å². The van der Waals surface area contributed by atoms with Gasteiger partial charge in [0.25, 0.3) is 0 Å². The number of carbonyl (C=O) groups excluding carboxylic acids is 1. The lowest BCUT2D eigenvalue weighted by Gasteiger charge is -2.37. The number of amides is 1. The van der Waals surface area contributed by atoms with E-state index in [1.54, 1.807) is 0 Å². The van der Waals surface area contributed by atoms with Crippen molar-refractivity contribution in [2.24, 2.45) is 5.92 Å². The van der Waals surface area contributed by atoms with E-state index >= 15 is 0 Å². The molecule has 0 radical (unpaired) electrons. The van der Waals surface area contributed by atoms with E-state index in [4.69, 9.17) is 0 Å². The molecule has 0 spiro atoms. The maximum atomic E-state index is 14.1. The molecule has 0 N–H and O–H groups in total. The molecule has 2 aromatic heterocycles. The highest BCUT2D eigenvalue weighted by Gasteiger charge is 2.43. The highest BCUT2D eigenvalue weighted by Crippen LogP contribution is 2.35. The van der Waals surface area contributed by atoms with Crippen LogP contribution in [0.15, 0.2) is 79.4 Å². The molecule has 5 heteroatoms. The maximum Gasteiger partial charge on any atom is 0.240 e. The maximum absolute atomic E-state index is 14.1. The van der Waals surface area contributed by atoms with Crippen molar-refractivity contribution in [1.29, 1.82) is 0 Å². The average molecular weight is 483 g/mol. The van der Waals surface area contributed by atoms with Gasteiger partial charge in [-0.1, -0.05) is 42.5 Å². The molecule has 3 unspecified atom stereocenters. The van der Waals surface area contributed by atoms with Crippen LogP contribution in [0.5, 0.6) is 0 Å². The molecule has 1 aromatic carbocycles. The first-order valence-corrected chi connectivity index (χ1v) is 13.6. The van der Waals surface area contributed by atoms with E-state index in [0.29, 0.717) is 18.4 Å². The molecule has 2 fully saturated rings. The smallest absolute Gasteiger partial charge is 0.240 e. The van der Waals surface area contributed by atoms with Crippen LogP contribution in [0.1, 0.15) is 55.2 Å². The Balaban J connectivity index is 1.32. The zero-order valence-corrected chi connectivity index (χ0v) is 21.2. The second-order valence-electron chi connectivity index (χ2n) is 10.5. The van der Waals surface area contributed by atoms with E-state index in [9.17, 15) is 4.79 Å². The number of hydrogen-bond acceptors (Lipinski definition) is 4. The summed E-state index contributed by atoms with van der Waals surface area (Å²) in [5.41, 5.74) is 3.76. The Morgan fingerprint density at radius 3 is 2.06 bits per heavy atom. The van der Waals surface area contributed by atoms with Gasteiger partial charge in [0.15, 0.2) is 0 Å². The second-order valence-corrected chi connectivity index (χ2v) is 10.5. The summed E-state index contributed by atoms with van der Waals surface area (Å²) in [6.45, 7) is 2.87. The van der Waals surface area contributed by atoms with E-state index in [1.807, 2.05) is 36.9 Å². The monoisotopic (exact) mass is 482 g/mol. The SMILES string of the molecule is O=C(C1CC2CCN1C2)N(Cc1ccccc1)C(CCCc1cccnc1)CCCc1cccnc1. The van der Waals surface area contributed by atoms with Gasteiger partial charge in [-0.05, 0) is 92.7 Å². The molecule has 2 aliphatic rings. The predicted molar refractivity (Wildman–Crippen MR) is 143 cm³/mol. The molecule has 0 saturated carbocycles. The molecule has 188 valence electrons. The molecule has 2 saturated heterocycles. The van der Waals surface area contributed by atoms with Crippen molar-refractivity contribution in [3.63, 3.8) is 0 Å². The minimum absolute atomic E-state index is 0.0617. The van der Waals surface area contributed by atoms with Gasteiger partial charge in [0.1, 0.15) is 0 Å². The van der Waals surface area contributed by atoms with Crippen molar-refractivity contribution in [3.05, 3.63) is 96.1 Å². The molecular formula is C31H38N4O. The lowest BCUT2D eigenvalue weighted by molar-refractivity contribution is -0.139. The van der Waals surface area contributed by atoms with Gasteiger partial charge >= 0.3 is 0 Å². The van der Waals surface area contributed by atoms with E-state index in [1.165, 1.54) is 23.1 Å². The first kappa shape index (κ1) is 24.6. The van der Waals surface area contributed by atoms with Crippen LogP contribution in [-0.4, -0.2) is 50.8 Å². The predicted octanol–water partition coefficient (Wildman–Crippen LogP) is 5.31. The fourth-order valence-electron chi connectivity index (χ4n) is 6.05. The quantitative estimate of drug-likeness (QED) is 0.351. The highest BCUT2D eigenvalue weighted by molar-refractivity contribution is 5.82. The van der Waals surface area contributed by atoms with Crippen LogP contribution in [0.4, 0.5) is 0 Å². The molecule has 2 bridgehead atoms. The molecule has 5 rings (SSSR count). The second kappa shape index (κ2) is 12.3. The summed E-state index contributed by atoms with van der Waals surface area (Å²) < 4.78 is 0. The minimum atomic E-state index is 0.0617. The normalized spacial score (nSPS) is 20.6. The summed E-state index contributed by atoms with van der Waals surface area (Å²) in [6.07, 6.45) is 16.0. The van der Waals surface area contributed by atoms with Crippen molar-refractivity contribution in [3.8, 4) is 0 Å². The van der Waals surface area contributed by atoms with Crippen molar-refractivity contribution < 1.29 is 4.79 Å². The zero-order valence-electron chi connectivity index (χ0n) is 21.2. The Morgan fingerprint density at radius 2 is 1.53 bits per heavy atom. The van der Waals surface area contributed by atoms with Crippen molar-refractivity contribution in [2.45, 2.75) is 70.0 Å².